The minimum Gasteiger partial charge on any atom is -0.493 e. The van der Waals surface area contributed by atoms with Crippen molar-refractivity contribution in [3.63, 3.8) is 0 Å². The number of furan rings is 1. The van der Waals surface area contributed by atoms with Gasteiger partial charge < -0.3 is 14.9 Å². The average molecular weight is 245 g/mol. The first-order valence-corrected chi connectivity index (χ1v) is 6.25. The summed E-state index contributed by atoms with van der Waals surface area (Å²) in [7, 11) is 0. The molecule has 3 heteroatoms. The summed E-state index contributed by atoms with van der Waals surface area (Å²) in [6.45, 7) is 4.71. The quantitative estimate of drug-likeness (QED) is 0.878. The normalized spacial score (nSPS) is 12.4. The number of rotatable bonds is 5. The van der Waals surface area contributed by atoms with Crippen LogP contribution in [0.3, 0.4) is 0 Å². The molecule has 1 aromatic heterocycles. The van der Waals surface area contributed by atoms with Gasteiger partial charge in [-0.25, -0.2) is 0 Å². The van der Waals surface area contributed by atoms with E-state index in [1.54, 1.807) is 6.26 Å². The maximum absolute atomic E-state index is 6.29. The number of para-hydroxylation sites is 1. The van der Waals surface area contributed by atoms with Crippen molar-refractivity contribution in [3.05, 3.63) is 53.5 Å². The molecule has 0 radical (unpaired) electrons. The molecular weight excluding hydrogens is 226 g/mol. The molecule has 3 nitrogen and oxygen atoms in total. The summed E-state index contributed by atoms with van der Waals surface area (Å²) in [5, 5.41) is 0. The number of ether oxygens (including phenoxy) is 1. The Morgan fingerprint density at radius 3 is 2.67 bits per heavy atom. The molecule has 96 valence electrons. The highest BCUT2D eigenvalue weighted by Crippen LogP contribution is 2.30. The topological polar surface area (TPSA) is 48.4 Å². The maximum atomic E-state index is 6.29. The molecule has 0 saturated heterocycles. The summed E-state index contributed by atoms with van der Waals surface area (Å²) in [6, 6.07) is 9.60. The fourth-order valence-electron chi connectivity index (χ4n) is 1.97. The van der Waals surface area contributed by atoms with Crippen molar-refractivity contribution in [2.24, 2.45) is 5.73 Å². The van der Waals surface area contributed by atoms with Crippen LogP contribution in [0.15, 0.2) is 41.0 Å². The standard InChI is InChI=1S/C15H19NO2/c1-3-9-18-14-7-5-4-6-13(14)15(16)12-8-10-17-11(12)2/h4-8,10,15H,3,9,16H2,1-2H3. The molecule has 0 amide bonds. The molecular formula is C15H19NO2. The third-order valence-corrected chi connectivity index (χ3v) is 2.95. The van der Waals surface area contributed by atoms with Crippen LogP contribution in [0.1, 0.15) is 36.3 Å². The van der Waals surface area contributed by atoms with Crippen LogP contribution in [0.5, 0.6) is 5.75 Å². The highest BCUT2D eigenvalue weighted by Gasteiger charge is 2.17. The van der Waals surface area contributed by atoms with Crippen molar-refractivity contribution in [3.8, 4) is 5.75 Å². The predicted molar refractivity (Wildman–Crippen MR) is 71.7 cm³/mol. The van der Waals surface area contributed by atoms with Gasteiger partial charge in [0.05, 0.1) is 18.9 Å². The van der Waals surface area contributed by atoms with E-state index in [9.17, 15) is 0 Å². The van der Waals surface area contributed by atoms with Crippen LogP contribution >= 0.6 is 0 Å². The molecule has 0 saturated carbocycles. The van der Waals surface area contributed by atoms with Crippen molar-refractivity contribution in [1.82, 2.24) is 0 Å². The van der Waals surface area contributed by atoms with Gasteiger partial charge in [0.15, 0.2) is 0 Å². The number of nitrogens with two attached hydrogens (primary N) is 1. The molecule has 2 aromatic rings. The molecule has 0 spiro atoms. The van der Waals surface area contributed by atoms with E-state index in [0.717, 1.165) is 29.1 Å². The van der Waals surface area contributed by atoms with Crippen molar-refractivity contribution in [1.29, 1.82) is 0 Å². The van der Waals surface area contributed by atoms with Gasteiger partial charge in [-0.15, -0.1) is 0 Å². The Labute approximate surface area is 108 Å². The van der Waals surface area contributed by atoms with Gasteiger partial charge in [-0.2, -0.15) is 0 Å². The largest absolute Gasteiger partial charge is 0.493 e. The zero-order chi connectivity index (χ0) is 13.0. The van der Waals surface area contributed by atoms with Gasteiger partial charge in [-0.1, -0.05) is 25.1 Å². The van der Waals surface area contributed by atoms with Crippen LogP contribution in [0.2, 0.25) is 0 Å². The van der Waals surface area contributed by atoms with E-state index >= 15 is 0 Å². The van der Waals surface area contributed by atoms with E-state index in [0.29, 0.717) is 6.61 Å². The van der Waals surface area contributed by atoms with Crippen molar-refractivity contribution < 1.29 is 9.15 Å². The van der Waals surface area contributed by atoms with Gasteiger partial charge in [0.25, 0.3) is 0 Å². The zero-order valence-electron chi connectivity index (χ0n) is 10.8. The smallest absolute Gasteiger partial charge is 0.124 e. The Morgan fingerprint density at radius 2 is 2.00 bits per heavy atom. The minimum absolute atomic E-state index is 0.211. The average Bonchev–Trinajstić information content (AvgIpc) is 2.82. The number of benzene rings is 1. The molecule has 0 fully saturated rings. The van der Waals surface area contributed by atoms with Crippen molar-refractivity contribution in [2.45, 2.75) is 26.3 Å². The lowest BCUT2D eigenvalue weighted by molar-refractivity contribution is 0.313. The molecule has 0 aliphatic rings. The molecule has 0 bridgehead atoms. The van der Waals surface area contributed by atoms with Crippen molar-refractivity contribution >= 4 is 0 Å². The summed E-state index contributed by atoms with van der Waals surface area (Å²) in [5.74, 6) is 1.71. The highest BCUT2D eigenvalue weighted by atomic mass is 16.5. The predicted octanol–water partition coefficient (Wildman–Crippen LogP) is 3.42. The van der Waals surface area contributed by atoms with Gasteiger partial charge in [-0.05, 0) is 25.5 Å². The molecule has 1 atom stereocenters. The molecule has 1 aromatic carbocycles. The van der Waals surface area contributed by atoms with E-state index in [-0.39, 0.29) is 6.04 Å². The second-order valence-corrected chi connectivity index (χ2v) is 4.30. The first kappa shape index (κ1) is 12.7. The Balaban J connectivity index is 2.30. The van der Waals surface area contributed by atoms with E-state index in [4.69, 9.17) is 14.9 Å². The molecule has 2 N–H and O–H groups in total. The number of hydrogen-bond donors (Lipinski definition) is 1. The molecule has 1 heterocycles. The van der Waals surface area contributed by atoms with Gasteiger partial charge >= 0.3 is 0 Å². The third kappa shape index (κ3) is 2.57. The third-order valence-electron chi connectivity index (χ3n) is 2.95. The van der Waals surface area contributed by atoms with Gasteiger partial charge in [0.2, 0.25) is 0 Å². The van der Waals surface area contributed by atoms with Gasteiger partial charge in [0, 0.05) is 11.1 Å². The lowest BCUT2D eigenvalue weighted by atomic mass is 9.99. The Morgan fingerprint density at radius 1 is 1.22 bits per heavy atom. The van der Waals surface area contributed by atoms with Gasteiger partial charge in [0.1, 0.15) is 11.5 Å². The fourth-order valence-corrected chi connectivity index (χ4v) is 1.97. The minimum atomic E-state index is -0.211. The Hall–Kier alpha value is -1.74. The summed E-state index contributed by atoms with van der Waals surface area (Å²) >= 11 is 0. The van der Waals surface area contributed by atoms with E-state index in [2.05, 4.69) is 6.92 Å². The number of hydrogen-bond acceptors (Lipinski definition) is 3. The summed E-state index contributed by atoms with van der Waals surface area (Å²) in [5.41, 5.74) is 8.29. The fraction of sp³-hybridized carbons (Fsp3) is 0.333. The van der Waals surface area contributed by atoms with E-state index in [1.165, 1.54) is 0 Å². The lowest BCUT2D eigenvalue weighted by Gasteiger charge is -2.16. The Kier molecular flexibility index (Phi) is 4.05. The monoisotopic (exact) mass is 245 g/mol. The summed E-state index contributed by atoms with van der Waals surface area (Å²) < 4.78 is 11.0. The first-order chi connectivity index (χ1) is 8.74. The van der Waals surface area contributed by atoms with E-state index < -0.39 is 0 Å². The van der Waals surface area contributed by atoms with E-state index in [1.807, 2.05) is 37.3 Å². The van der Waals surface area contributed by atoms with Crippen LogP contribution in [-0.4, -0.2) is 6.61 Å². The van der Waals surface area contributed by atoms with Crippen LogP contribution in [0.25, 0.3) is 0 Å². The van der Waals surface area contributed by atoms with Crippen LogP contribution in [0, 0.1) is 6.92 Å². The van der Waals surface area contributed by atoms with Crippen LogP contribution < -0.4 is 10.5 Å². The summed E-state index contributed by atoms with van der Waals surface area (Å²) in [6.07, 6.45) is 2.65. The Bertz CT molecular complexity index is 505. The van der Waals surface area contributed by atoms with Gasteiger partial charge in [-0.3, -0.25) is 0 Å². The second-order valence-electron chi connectivity index (χ2n) is 4.30. The highest BCUT2D eigenvalue weighted by molar-refractivity contribution is 5.41. The SMILES string of the molecule is CCCOc1ccccc1C(N)c1ccoc1C. The second kappa shape index (κ2) is 5.74. The molecule has 0 aliphatic heterocycles. The molecule has 2 rings (SSSR count). The maximum Gasteiger partial charge on any atom is 0.124 e. The summed E-state index contributed by atoms with van der Waals surface area (Å²) in [4.78, 5) is 0. The molecule has 1 unspecified atom stereocenters. The molecule has 18 heavy (non-hydrogen) atoms. The van der Waals surface area contributed by atoms with Crippen molar-refractivity contribution in [2.75, 3.05) is 6.61 Å². The van der Waals surface area contributed by atoms with Crippen LogP contribution in [-0.2, 0) is 0 Å². The zero-order valence-corrected chi connectivity index (χ0v) is 10.8. The number of aryl methyl sites for hydroxylation is 1. The lowest BCUT2D eigenvalue weighted by Crippen LogP contribution is -2.14. The molecule has 0 aliphatic carbocycles. The van der Waals surface area contributed by atoms with Crippen LogP contribution in [0.4, 0.5) is 0 Å². The first-order valence-electron chi connectivity index (χ1n) is 6.25.